The fourth-order valence-corrected chi connectivity index (χ4v) is 5.81. The number of likely N-dealkylation sites (tertiary alicyclic amines) is 1. The summed E-state index contributed by atoms with van der Waals surface area (Å²) in [4.78, 5) is 26.8. The van der Waals surface area contributed by atoms with Gasteiger partial charge in [0.1, 0.15) is 23.7 Å². The number of rotatable bonds is 8. The highest BCUT2D eigenvalue weighted by molar-refractivity contribution is 7.89. The van der Waals surface area contributed by atoms with E-state index >= 15 is 0 Å². The van der Waals surface area contributed by atoms with Crippen molar-refractivity contribution < 1.29 is 32.3 Å². The molecule has 0 radical (unpaired) electrons. The molecule has 0 bridgehead atoms. The summed E-state index contributed by atoms with van der Waals surface area (Å²) in [5.41, 5.74) is 0.933. The molecule has 2 amide bonds. The Morgan fingerprint density at radius 1 is 1.03 bits per heavy atom. The Morgan fingerprint density at radius 2 is 1.68 bits per heavy atom. The molecule has 0 aliphatic carbocycles. The Morgan fingerprint density at radius 3 is 2.29 bits per heavy atom. The lowest BCUT2D eigenvalue weighted by molar-refractivity contribution is -0.137. The number of piperidine rings is 1. The summed E-state index contributed by atoms with van der Waals surface area (Å²) in [5, 5.41) is 9.54. The highest BCUT2D eigenvalue weighted by atomic mass is 35.5. The van der Waals surface area contributed by atoms with Crippen molar-refractivity contribution in [2.24, 2.45) is 0 Å². The zero-order chi connectivity index (χ0) is 27.3. The molecule has 0 spiro atoms. The summed E-state index contributed by atoms with van der Waals surface area (Å²) in [6.07, 6.45) is -0.0896. The van der Waals surface area contributed by atoms with Crippen LogP contribution < -0.4 is 14.9 Å². The Kier molecular flexibility index (Phi) is 8.32. The molecule has 1 heterocycles. The van der Waals surface area contributed by atoms with Gasteiger partial charge in [-0.2, -0.15) is 4.72 Å². The number of carbonyl (C=O) groups excluding carboxylic acids is 2. The lowest BCUT2D eigenvalue weighted by Gasteiger charge is -2.40. The van der Waals surface area contributed by atoms with Gasteiger partial charge < -0.3 is 9.64 Å². The summed E-state index contributed by atoms with van der Waals surface area (Å²) in [6, 6.07) is 18.0. The number of ether oxygens (including phenoxy) is 1. The first-order chi connectivity index (χ1) is 18.1. The molecule has 0 unspecified atom stereocenters. The minimum Gasteiger partial charge on any atom is -0.489 e. The molecule has 9 nitrogen and oxygen atoms in total. The van der Waals surface area contributed by atoms with Gasteiger partial charge in [-0.15, -0.1) is 0 Å². The maximum Gasteiger partial charge on any atom is 0.264 e. The van der Waals surface area contributed by atoms with Crippen LogP contribution in [0.1, 0.15) is 28.8 Å². The van der Waals surface area contributed by atoms with Gasteiger partial charge in [0.2, 0.25) is 10.0 Å². The maximum absolute atomic E-state index is 13.2. The monoisotopic (exact) mass is 561 g/mol. The molecule has 1 aliphatic heterocycles. The van der Waals surface area contributed by atoms with Crippen molar-refractivity contribution in [1.82, 2.24) is 15.1 Å². The van der Waals surface area contributed by atoms with Crippen LogP contribution >= 0.6 is 11.6 Å². The summed E-state index contributed by atoms with van der Waals surface area (Å²) in [7, 11) is -4.20. The highest BCUT2D eigenvalue weighted by Crippen LogP contribution is 2.27. The first-order valence-corrected chi connectivity index (χ1v) is 13.5. The van der Waals surface area contributed by atoms with Crippen molar-refractivity contribution in [3.8, 4) is 5.75 Å². The first kappa shape index (κ1) is 27.5. The molecule has 3 N–H and O–H groups in total. The predicted octanol–water partition coefficient (Wildman–Crippen LogP) is 3.52. The molecule has 0 aromatic heterocycles. The van der Waals surface area contributed by atoms with Gasteiger partial charge in [-0.1, -0.05) is 35.9 Å². The second-order valence-electron chi connectivity index (χ2n) is 8.78. The SMILES string of the molecule is O=C(c1ccccc1)N1CCC(NS(=O)(=O)c2ccc(OCc3ccc(F)cc3Cl)cc2)(C(=O)NO)CC1. The molecule has 0 saturated carbocycles. The number of nitrogens with zero attached hydrogens (tertiary/aromatic N) is 1. The Labute approximate surface area is 224 Å². The molecule has 3 aromatic carbocycles. The number of hydroxylamine groups is 1. The standard InChI is InChI=1S/C26H25ClFN3O6S/c27-23-16-20(28)7-6-19(23)17-37-21-8-10-22(11-9-21)38(35,36)30-26(25(33)29-34)12-14-31(15-13-26)24(32)18-4-2-1-3-5-18/h1-11,16,30,34H,12-15,17H2,(H,29,33). The molecule has 1 saturated heterocycles. The minimum absolute atomic E-state index is 0.0431. The fraction of sp³-hybridized carbons (Fsp3) is 0.231. The fourth-order valence-electron chi connectivity index (χ4n) is 4.17. The second-order valence-corrected chi connectivity index (χ2v) is 10.9. The van der Waals surface area contributed by atoms with Crippen molar-refractivity contribution in [3.63, 3.8) is 0 Å². The molecule has 3 aromatic rings. The molecular formula is C26H25ClFN3O6S. The van der Waals surface area contributed by atoms with E-state index in [2.05, 4.69) is 4.72 Å². The van der Waals surface area contributed by atoms with Crippen LogP contribution in [-0.4, -0.2) is 49.0 Å². The topological polar surface area (TPSA) is 125 Å². The van der Waals surface area contributed by atoms with Crippen molar-refractivity contribution in [2.45, 2.75) is 29.9 Å². The average Bonchev–Trinajstić information content (AvgIpc) is 2.92. The summed E-state index contributed by atoms with van der Waals surface area (Å²) >= 11 is 6.00. The Balaban J connectivity index is 1.44. The largest absolute Gasteiger partial charge is 0.489 e. The van der Waals surface area contributed by atoms with Crippen molar-refractivity contribution >= 4 is 33.4 Å². The molecule has 38 heavy (non-hydrogen) atoms. The predicted molar refractivity (Wildman–Crippen MR) is 137 cm³/mol. The van der Waals surface area contributed by atoms with Crippen LogP contribution in [0.15, 0.2) is 77.7 Å². The lowest BCUT2D eigenvalue weighted by Crippen LogP contribution is -2.63. The van der Waals surface area contributed by atoms with Crippen molar-refractivity contribution in [1.29, 1.82) is 0 Å². The van der Waals surface area contributed by atoms with E-state index in [0.717, 1.165) is 0 Å². The van der Waals surface area contributed by atoms with Gasteiger partial charge in [0.15, 0.2) is 0 Å². The molecule has 0 atom stereocenters. The van der Waals surface area contributed by atoms with Crippen LogP contribution in [0, 0.1) is 5.82 Å². The van der Waals surface area contributed by atoms with E-state index in [-0.39, 0.29) is 48.4 Å². The minimum atomic E-state index is -4.20. The van der Waals surface area contributed by atoms with Crippen molar-refractivity contribution in [2.75, 3.05) is 13.1 Å². The van der Waals surface area contributed by atoms with E-state index in [0.29, 0.717) is 16.9 Å². The molecule has 1 aliphatic rings. The van der Waals surface area contributed by atoms with Crippen LogP contribution in [0.2, 0.25) is 5.02 Å². The van der Waals surface area contributed by atoms with E-state index in [9.17, 15) is 27.6 Å². The van der Waals surface area contributed by atoms with Crippen LogP contribution in [0.4, 0.5) is 4.39 Å². The molecule has 1 fully saturated rings. The molecule has 12 heteroatoms. The zero-order valence-corrected chi connectivity index (χ0v) is 21.6. The Hall–Kier alpha value is -3.51. The van der Waals surface area contributed by atoms with Crippen LogP contribution in [0.25, 0.3) is 0 Å². The van der Waals surface area contributed by atoms with E-state index in [1.807, 2.05) is 0 Å². The summed E-state index contributed by atoms with van der Waals surface area (Å²) in [5.74, 6) is -1.27. The van der Waals surface area contributed by atoms with Crippen LogP contribution in [0.3, 0.4) is 0 Å². The first-order valence-electron chi connectivity index (χ1n) is 11.6. The number of nitrogens with one attached hydrogen (secondary N) is 2. The zero-order valence-electron chi connectivity index (χ0n) is 20.1. The summed E-state index contributed by atoms with van der Waals surface area (Å²) in [6.45, 7) is 0.242. The smallest absolute Gasteiger partial charge is 0.264 e. The van der Waals surface area contributed by atoms with Crippen molar-refractivity contribution in [3.05, 3.63) is 94.8 Å². The van der Waals surface area contributed by atoms with Crippen LogP contribution in [-0.2, 0) is 21.4 Å². The number of carbonyl (C=O) groups is 2. The summed E-state index contributed by atoms with van der Waals surface area (Å²) < 4.78 is 47.6. The highest BCUT2D eigenvalue weighted by Gasteiger charge is 2.45. The number of amides is 2. The van der Waals surface area contributed by atoms with Gasteiger partial charge in [0.25, 0.3) is 11.8 Å². The third kappa shape index (κ3) is 6.13. The average molecular weight is 562 g/mol. The van der Waals surface area contributed by atoms with Gasteiger partial charge in [-0.25, -0.2) is 18.3 Å². The van der Waals surface area contributed by atoms with E-state index < -0.39 is 27.3 Å². The third-order valence-electron chi connectivity index (χ3n) is 6.33. The van der Waals surface area contributed by atoms with Crippen LogP contribution in [0.5, 0.6) is 5.75 Å². The number of hydrogen-bond donors (Lipinski definition) is 3. The van der Waals surface area contributed by atoms with Gasteiger partial charge in [0.05, 0.1) is 9.92 Å². The molecule has 4 rings (SSSR count). The van der Waals surface area contributed by atoms with Gasteiger partial charge in [-0.05, 0) is 61.4 Å². The van der Waals surface area contributed by atoms with Gasteiger partial charge in [-0.3, -0.25) is 14.8 Å². The van der Waals surface area contributed by atoms with Gasteiger partial charge in [0, 0.05) is 24.2 Å². The van der Waals surface area contributed by atoms with Gasteiger partial charge >= 0.3 is 0 Å². The van der Waals surface area contributed by atoms with E-state index in [1.165, 1.54) is 47.4 Å². The second kappa shape index (κ2) is 11.5. The van der Waals surface area contributed by atoms with E-state index in [4.69, 9.17) is 16.3 Å². The number of sulfonamides is 1. The number of benzene rings is 3. The number of hydrogen-bond acceptors (Lipinski definition) is 6. The Bertz CT molecular complexity index is 1410. The normalized spacial score (nSPS) is 15.1. The third-order valence-corrected chi connectivity index (χ3v) is 8.24. The number of halogens is 2. The maximum atomic E-state index is 13.2. The lowest BCUT2D eigenvalue weighted by atomic mass is 9.87. The quantitative estimate of drug-likeness (QED) is 0.285. The molecule has 200 valence electrons. The molecular weight excluding hydrogens is 537 g/mol. The van der Waals surface area contributed by atoms with E-state index in [1.54, 1.807) is 35.8 Å².